The molecule has 1 fully saturated rings. The molecule has 2 unspecified atom stereocenters. The maximum atomic E-state index is 12.5. The van der Waals surface area contributed by atoms with Gasteiger partial charge in [0.2, 0.25) is 0 Å². The van der Waals surface area contributed by atoms with Crippen LogP contribution in [-0.4, -0.2) is 31.2 Å². The molecule has 8 heteroatoms. The van der Waals surface area contributed by atoms with Gasteiger partial charge in [0, 0.05) is 13.1 Å². The van der Waals surface area contributed by atoms with E-state index in [1.54, 1.807) is 7.05 Å². The predicted molar refractivity (Wildman–Crippen MR) is 83.9 cm³/mol. The Kier molecular flexibility index (Phi) is 5.23. The summed E-state index contributed by atoms with van der Waals surface area (Å²) in [5.41, 5.74) is 0. The zero-order valence-corrected chi connectivity index (χ0v) is 15.0. The van der Waals surface area contributed by atoms with Crippen molar-refractivity contribution in [3.63, 3.8) is 0 Å². The predicted octanol–water partition coefficient (Wildman–Crippen LogP) is 4.33. The lowest BCUT2D eigenvalue weighted by atomic mass is 9.95. The molecule has 0 bridgehead atoms. The lowest BCUT2D eigenvalue weighted by molar-refractivity contribution is 0.291. The standard InChI is InChI=1S/C11H14BrCl2NO2S2/c1-15(9-5-3-2-4-7(9)13)19(16,17)10-6-8(14)11(12)18-10/h6-7,9H,2-5H2,1H3. The summed E-state index contributed by atoms with van der Waals surface area (Å²) in [5.74, 6) is 0. The summed E-state index contributed by atoms with van der Waals surface area (Å²) in [6.07, 6.45) is 3.75. The molecule has 0 amide bonds. The monoisotopic (exact) mass is 405 g/mol. The lowest BCUT2D eigenvalue weighted by Crippen LogP contribution is -2.43. The highest BCUT2D eigenvalue weighted by Crippen LogP contribution is 2.37. The Balaban J connectivity index is 2.28. The van der Waals surface area contributed by atoms with Crippen LogP contribution in [0.4, 0.5) is 0 Å². The van der Waals surface area contributed by atoms with Gasteiger partial charge in [-0.05, 0) is 34.8 Å². The van der Waals surface area contributed by atoms with Crippen LogP contribution in [0.2, 0.25) is 5.02 Å². The first kappa shape index (κ1) is 16.0. The van der Waals surface area contributed by atoms with Crippen molar-refractivity contribution in [2.75, 3.05) is 7.05 Å². The Morgan fingerprint density at radius 3 is 2.58 bits per heavy atom. The minimum atomic E-state index is -3.52. The molecule has 0 spiro atoms. The van der Waals surface area contributed by atoms with Crippen molar-refractivity contribution in [1.82, 2.24) is 4.31 Å². The van der Waals surface area contributed by atoms with Crippen molar-refractivity contribution in [2.24, 2.45) is 0 Å². The minimum Gasteiger partial charge on any atom is -0.206 e. The molecule has 0 aromatic carbocycles. The van der Waals surface area contributed by atoms with E-state index in [4.69, 9.17) is 23.2 Å². The molecule has 1 aromatic heterocycles. The largest absolute Gasteiger partial charge is 0.252 e. The maximum Gasteiger partial charge on any atom is 0.252 e. The Bertz CT molecular complexity index is 542. The van der Waals surface area contributed by atoms with Gasteiger partial charge < -0.3 is 0 Å². The third-order valence-electron chi connectivity index (χ3n) is 3.37. The molecule has 2 rings (SSSR count). The van der Waals surface area contributed by atoms with E-state index in [9.17, 15) is 8.42 Å². The van der Waals surface area contributed by atoms with Crippen LogP contribution in [0.1, 0.15) is 25.7 Å². The molecular weight excluding hydrogens is 393 g/mol. The first-order chi connectivity index (χ1) is 8.84. The van der Waals surface area contributed by atoms with Gasteiger partial charge in [0.15, 0.2) is 0 Å². The van der Waals surface area contributed by atoms with E-state index in [2.05, 4.69) is 15.9 Å². The SMILES string of the molecule is CN(C1CCCCC1Cl)S(=O)(=O)c1cc(Cl)c(Br)s1. The number of hydrogen-bond acceptors (Lipinski definition) is 3. The van der Waals surface area contributed by atoms with Crippen molar-refractivity contribution in [3.05, 3.63) is 14.9 Å². The third kappa shape index (κ3) is 3.30. The average molecular weight is 407 g/mol. The number of rotatable bonds is 3. The van der Waals surface area contributed by atoms with Crippen LogP contribution in [0, 0.1) is 0 Å². The molecular formula is C11H14BrCl2NO2S2. The molecule has 1 heterocycles. The number of halogens is 3. The fourth-order valence-corrected chi connectivity index (χ4v) is 6.77. The summed E-state index contributed by atoms with van der Waals surface area (Å²) in [6, 6.07) is 1.34. The summed E-state index contributed by atoms with van der Waals surface area (Å²) < 4.78 is 27.4. The third-order valence-corrected chi connectivity index (χ3v) is 8.69. The van der Waals surface area contributed by atoms with Crippen molar-refractivity contribution in [2.45, 2.75) is 41.3 Å². The zero-order chi connectivity index (χ0) is 14.2. The molecule has 0 radical (unpaired) electrons. The Morgan fingerprint density at radius 2 is 2.05 bits per heavy atom. The van der Waals surface area contributed by atoms with Gasteiger partial charge in [-0.3, -0.25) is 0 Å². The van der Waals surface area contributed by atoms with Crippen LogP contribution >= 0.6 is 50.5 Å². The molecule has 3 nitrogen and oxygen atoms in total. The quantitative estimate of drug-likeness (QED) is 0.700. The highest BCUT2D eigenvalue weighted by Gasteiger charge is 2.35. The maximum absolute atomic E-state index is 12.5. The summed E-state index contributed by atoms with van der Waals surface area (Å²) >= 11 is 16.5. The minimum absolute atomic E-state index is 0.118. The van der Waals surface area contributed by atoms with Crippen molar-refractivity contribution >= 4 is 60.5 Å². The first-order valence-electron chi connectivity index (χ1n) is 5.91. The van der Waals surface area contributed by atoms with E-state index in [1.165, 1.54) is 10.4 Å². The van der Waals surface area contributed by atoms with Crippen LogP contribution in [0.15, 0.2) is 14.1 Å². The van der Waals surface area contributed by atoms with Crippen LogP contribution < -0.4 is 0 Å². The van der Waals surface area contributed by atoms with Gasteiger partial charge >= 0.3 is 0 Å². The number of sulfonamides is 1. The normalized spacial score (nSPS) is 24.9. The molecule has 1 aliphatic rings. The Hall–Kier alpha value is 0.670. The first-order valence-corrected chi connectivity index (χ1v) is 9.77. The zero-order valence-electron chi connectivity index (χ0n) is 10.3. The van der Waals surface area contributed by atoms with E-state index in [1.807, 2.05) is 0 Å². The van der Waals surface area contributed by atoms with Crippen molar-refractivity contribution < 1.29 is 8.42 Å². The highest BCUT2D eigenvalue weighted by molar-refractivity contribution is 9.11. The topological polar surface area (TPSA) is 37.4 Å². The molecule has 2 atom stereocenters. The van der Waals surface area contributed by atoms with Gasteiger partial charge in [-0.25, -0.2) is 8.42 Å². The molecule has 108 valence electrons. The van der Waals surface area contributed by atoms with Crippen molar-refractivity contribution in [1.29, 1.82) is 0 Å². The second-order valence-electron chi connectivity index (χ2n) is 4.58. The molecule has 1 aliphatic carbocycles. The van der Waals surface area contributed by atoms with Gasteiger partial charge in [-0.15, -0.1) is 22.9 Å². The van der Waals surface area contributed by atoms with E-state index < -0.39 is 10.0 Å². The van der Waals surface area contributed by atoms with Gasteiger partial charge in [-0.1, -0.05) is 24.4 Å². The number of thiophene rings is 1. The van der Waals surface area contributed by atoms with Crippen molar-refractivity contribution in [3.8, 4) is 0 Å². The highest BCUT2D eigenvalue weighted by atomic mass is 79.9. The molecule has 19 heavy (non-hydrogen) atoms. The van der Waals surface area contributed by atoms with Crippen LogP contribution in [0.5, 0.6) is 0 Å². The number of nitrogens with zero attached hydrogens (tertiary/aromatic N) is 1. The average Bonchev–Trinajstić information content (AvgIpc) is 2.70. The van der Waals surface area contributed by atoms with Crippen LogP contribution in [-0.2, 0) is 10.0 Å². The summed E-state index contributed by atoms with van der Waals surface area (Å²) in [6.45, 7) is 0. The van der Waals surface area contributed by atoms with E-state index in [0.717, 1.165) is 37.0 Å². The number of hydrogen-bond donors (Lipinski definition) is 0. The molecule has 1 aromatic rings. The van der Waals surface area contributed by atoms with Gasteiger partial charge in [0.1, 0.15) is 4.21 Å². The summed E-state index contributed by atoms with van der Waals surface area (Å²) in [5, 5.41) is 0.301. The van der Waals surface area contributed by atoms with E-state index in [0.29, 0.717) is 8.81 Å². The second kappa shape index (κ2) is 6.20. The fraction of sp³-hybridized carbons (Fsp3) is 0.636. The van der Waals surface area contributed by atoms with Gasteiger partial charge in [-0.2, -0.15) is 4.31 Å². The van der Waals surface area contributed by atoms with Crippen LogP contribution in [0.25, 0.3) is 0 Å². The summed E-state index contributed by atoms with van der Waals surface area (Å²) in [7, 11) is -1.92. The van der Waals surface area contributed by atoms with Crippen LogP contribution in [0.3, 0.4) is 0 Å². The molecule has 0 N–H and O–H groups in total. The molecule has 0 aliphatic heterocycles. The Morgan fingerprint density at radius 1 is 1.42 bits per heavy atom. The van der Waals surface area contributed by atoms with E-state index in [-0.39, 0.29) is 15.6 Å². The summed E-state index contributed by atoms with van der Waals surface area (Å²) in [4.78, 5) is 0. The Labute approximate surface area is 136 Å². The smallest absolute Gasteiger partial charge is 0.206 e. The fourth-order valence-electron chi connectivity index (χ4n) is 2.25. The van der Waals surface area contributed by atoms with Gasteiger partial charge in [0.25, 0.3) is 10.0 Å². The molecule has 0 saturated heterocycles. The number of alkyl halides is 1. The van der Waals surface area contributed by atoms with E-state index >= 15 is 0 Å². The second-order valence-corrected chi connectivity index (χ2v) is 10.1. The van der Waals surface area contributed by atoms with Gasteiger partial charge in [0.05, 0.1) is 14.2 Å². The molecule has 1 saturated carbocycles. The lowest BCUT2D eigenvalue weighted by Gasteiger charge is -2.33.